The first-order valence-electron chi connectivity index (χ1n) is 9.64. The number of rotatable bonds is 8. The van der Waals surface area contributed by atoms with Gasteiger partial charge >= 0.3 is 0 Å². The average Bonchev–Trinajstić information content (AvgIpc) is 2.61. The molecule has 2 aromatic rings. The maximum atomic E-state index is 3.67. The third kappa shape index (κ3) is 3.72. The summed E-state index contributed by atoms with van der Waals surface area (Å²) < 4.78 is 0. The molecule has 1 aliphatic rings. The fourth-order valence-corrected chi connectivity index (χ4v) is 3.96. The molecule has 1 N–H and O–H groups in total. The zero-order valence-electron chi connectivity index (χ0n) is 15.4. The Morgan fingerprint density at radius 2 is 1.83 bits per heavy atom. The van der Waals surface area contributed by atoms with Gasteiger partial charge in [-0.2, -0.15) is 0 Å². The molecule has 3 unspecified atom stereocenters. The summed E-state index contributed by atoms with van der Waals surface area (Å²) in [6.07, 6.45) is 4.84. The van der Waals surface area contributed by atoms with E-state index in [1.165, 1.54) is 42.4 Å². The third-order valence-corrected chi connectivity index (χ3v) is 5.58. The van der Waals surface area contributed by atoms with E-state index in [-0.39, 0.29) is 0 Å². The van der Waals surface area contributed by atoms with Crippen LogP contribution in [-0.4, -0.2) is 6.54 Å². The van der Waals surface area contributed by atoms with Crippen LogP contribution < -0.4 is 5.32 Å². The smallest absolute Gasteiger partial charge is 0.0363 e. The normalized spacial score (nSPS) is 18.5. The Morgan fingerprint density at radius 3 is 2.54 bits per heavy atom. The van der Waals surface area contributed by atoms with E-state index in [0.717, 1.165) is 6.54 Å². The first-order chi connectivity index (χ1) is 11.7. The molecule has 0 saturated heterocycles. The van der Waals surface area contributed by atoms with Gasteiger partial charge in [0.2, 0.25) is 0 Å². The van der Waals surface area contributed by atoms with Gasteiger partial charge in [-0.3, -0.25) is 0 Å². The summed E-state index contributed by atoms with van der Waals surface area (Å²) in [7, 11) is 0. The maximum Gasteiger partial charge on any atom is 0.0363 e. The zero-order valence-corrected chi connectivity index (χ0v) is 15.4. The molecule has 128 valence electrons. The van der Waals surface area contributed by atoms with E-state index in [0.29, 0.717) is 17.9 Å². The molecule has 0 fully saturated rings. The van der Waals surface area contributed by atoms with Crippen LogP contribution in [0.15, 0.2) is 48.5 Å². The van der Waals surface area contributed by atoms with Crippen molar-refractivity contribution in [3.63, 3.8) is 0 Å². The van der Waals surface area contributed by atoms with Gasteiger partial charge in [0.05, 0.1) is 0 Å². The van der Waals surface area contributed by atoms with Crippen LogP contribution in [0.3, 0.4) is 0 Å². The summed E-state index contributed by atoms with van der Waals surface area (Å²) in [6, 6.07) is 18.8. The lowest BCUT2D eigenvalue weighted by molar-refractivity contribution is 0.479. The lowest BCUT2D eigenvalue weighted by atomic mass is 9.78. The van der Waals surface area contributed by atoms with Crippen molar-refractivity contribution in [2.75, 3.05) is 6.54 Å². The SMILES string of the molecule is CCCNC1Cc2ccc(C(C)CC(CC)c3ccccc3)cc21. The van der Waals surface area contributed by atoms with E-state index in [4.69, 9.17) is 0 Å². The molecular weight excluding hydrogens is 290 g/mol. The van der Waals surface area contributed by atoms with Gasteiger partial charge in [-0.1, -0.05) is 69.3 Å². The standard InChI is InChI=1S/C23H31N/c1-4-13-24-23-16-21-12-11-20(15-22(21)23)17(3)14-18(5-2)19-9-7-6-8-10-19/h6-12,15,17-18,23-24H,4-5,13-14,16H2,1-3H3. The predicted octanol–water partition coefficient (Wildman–Crippen LogP) is 5.97. The van der Waals surface area contributed by atoms with E-state index in [9.17, 15) is 0 Å². The Hall–Kier alpha value is -1.60. The fourth-order valence-electron chi connectivity index (χ4n) is 3.96. The van der Waals surface area contributed by atoms with Gasteiger partial charge in [-0.05, 0) is 66.3 Å². The van der Waals surface area contributed by atoms with Gasteiger partial charge < -0.3 is 5.32 Å². The number of benzene rings is 2. The number of fused-ring (bicyclic) bond motifs is 1. The van der Waals surface area contributed by atoms with Gasteiger partial charge in [-0.15, -0.1) is 0 Å². The minimum absolute atomic E-state index is 0.586. The monoisotopic (exact) mass is 321 g/mol. The lowest BCUT2D eigenvalue weighted by Crippen LogP contribution is -2.31. The number of hydrogen-bond acceptors (Lipinski definition) is 1. The first kappa shape index (κ1) is 17.2. The summed E-state index contributed by atoms with van der Waals surface area (Å²) in [4.78, 5) is 0. The summed E-state index contributed by atoms with van der Waals surface area (Å²) in [5, 5.41) is 3.67. The second-order valence-corrected chi connectivity index (χ2v) is 7.32. The quantitative estimate of drug-likeness (QED) is 0.631. The van der Waals surface area contributed by atoms with Crippen molar-refractivity contribution >= 4 is 0 Å². The van der Waals surface area contributed by atoms with E-state index >= 15 is 0 Å². The molecule has 0 radical (unpaired) electrons. The Kier molecular flexibility index (Phi) is 5.73. The Morgan fingerprint density at radius 1 is 1.04 bits per heavy atom. The summed E-state index contributed by atoms with van der Waals surface area (Å²) >= 11 is 0. The van der Waals surface area contributed by atoms with Crippen LogP contribution in [0.1, 0.15) is 80.2 Å². The molecule has 24 heavy (non-hydrogen) atoms. The van der Waals surface area contributed by atoms with Gasteiger partial charge in [0, 0.05) is 6.04 Å². The molecule has 0 bridgehead atoms. The number of hydrogen-bond donors (Lipinski definition) is 1. The van der Waals surface area contributed by atoms with Crippen LogP contribution in [0.4, 0.5) is 0 Å². The summed E-state index contributed by atoms with van der Waals surface area (Å²) in [6.45, 7) is 8.06. The van der Waals surface area contributed by atoms with Gasteiger partial charge in [-0.25, -0.2) is 0 Å². The molecular formula is C23H31N. The van der Waals surface area contributed by atoms with Crippen LogP contribution in [0, 0.1) is 0 Å². The molecule has 0 spiro atoms. The van der Waals surface area contributed by atoms with E-state index < -0.39 is 0 Å². The predicted molar refractivity (Wildman–Crippen MR) is 104 cm³/mol. The minimum Gasteiger partial charge on any atom is -0.310 e. The molecule has 1 heteroatoms. The van der Waals surface area contributed by atoms with Gasteiger partial charge in [0.25, 0.3) is 0 Å². The fraction of sp³-hybridized carbons (Fsp3) is 0.478. The highest BCUT2D eigenvalue weighted by atomic mass is 14.9. The molecule has 2 aromatic carbocycles. The van der Waals surface area contributed by atoms with Crippen LogP contribution in [0.2, 0.25) is 0 Å². The van der Waals surface area contributed by atoms with Crippen molar-refractivity contribution in [2.45, 2.75) is 64.3 Å². The van der Waals surface area contributed by atoms with Crippen molar-refractivity contribution in [1.29, 1.82) is 0 Å². The molecule has 0 saturated carbocycles. The Bertz CT molecular complexity index is 646. The third-order valence-electron chi connectivity index (χ3n) is 5.58. The number of nitrogens with one attached hydrogen (secondary N) is 1. The van der Waals surface area contributed by atoms with Crippen LogP contribution in [0.5, 0.6) is 0 Å². The Labute approximate surface area is 147 Å². The topological polar surface area (TPSA) is 12.0 Å². The van der Waals surface area contributed by atoms with Crippen molar-refractivity contribution in [2.24, 2.45) is 0 Å². The Balaban J connectivity index is 1.69. The summed E-state index contributed by atoms with van der Waals surface area (Å²) in [5.74, 6) is 1.26. The second-order valence-electron chi connectivity index (χ2n) is 7.32. The van der Waals surface area contributed by atoms with Crippen molar-refractivity contribution in [1.82, 2.24) is 5.32 Å². The average molecular weight is 322 g/mol. The summed E-state index contributed by atoms with van der Waals surface area (Å²) in [5.41, 5.74) is 6.07. The van der Waals surface area contributed by atoms with E-state index in [2.05, 4.69) is 74.6 Å². The molecule has 0 aromatic heterocycles. The second kappa shape index (κ2) is 7.98. The minimum atomic E-state index is 0.586. The van der Waals surface area contributed by atoms with E-state index in [1.807, 2.05) is 0 Å². The first-order valence-corrected chi connectivity index (χ1v) is 9.64. The molecule has 0 aliphatic heterocycles. The van der Waals surface area contributed by atoms with Gasteiger partial charge in [0.15, 0.2) is 0 Å². The highest BCUT2D eigenvalue weighted by Gasteiger charge is 2.26. The molecule has 3 atom stereocenters. The highest BCUT2D eigenvalue weighted by Crippen LogP contribution is 2.37. The van der Waals surface area contributed by atoms with Crippen molar-refractivity contribution < 1.29 is 0 Å². The molecule has 0 heterocycles. The molecule has 1 aliphatic carbocycles. The highest BCUT2D eigenvalue weighted by molar-refractivity contribution is 5.43. The van der Waals surface area contributed by atoms with Crippen molar-refractivity contribution in [3.05, 3.63) is 70.8 Å². The van der Waals surface area contributed by atoms with Crippen molar-refractivity contribution in [3.8, 4) is 0 Å². The van der Waals surface area contributed by atoms with E-state index in [1.54, 1.807) is 5.56 Å². The van der Waals surface area contributed by atoms with Crippen LogP contribution >= 0.6 is 0 Å². The van der Waals surface area contributed by atoms with Crippen LogP contribution in [0.25, 0.3) is 0 Å². The van der Waals surface area contributed by atoms with Gasteiger partial charge in [0.1, 0.15) is 0 Å². The molecule has 0 amide bonds. The lowest BCUT2D eigenvalue weighted by Gasteiger charge is -2.32. The largest absolute Gasteiger partial charge is 0.310 e. The molecule has 1 nitrogen and oxygen atoms in total. The molecule has 3 rings (SSSR count). The zero-order chi connectivity index (χ0) is 16.9. The van der Waals surface area contributed by atoms with Crippen LogP contribution in [-0.2, 0) is 6.42 Å². The maximum absolute atomic E-state index is 3.67.